The van der Waals surface area contributed by atoms with Crippen LogP contribution >= 0.6 is 0 Å². The van der Waals surface area contributed by atoms with E-state index < -0.39 is 0 Å². The Morgan fingerprint density at radius 2 is 2.00 bits per heavy atom. The van der Waals surface area contributed by atoms with Gasteiger partial charge in [-0.25, -0.2) is 0 Å². The summed E-state index contributed by atoms with van der Waals surface area (Å²) in [5, 5.41) is 8.94. The van der Waals surface area contributed by atoms with E-state index in [1.165, 1.54) is 19.4 Å². The molecular formula is C17H21N3O. The van der Waals surface area contributed by atoms with Gasteiger partial charge in [-0.2, -0.15) is 5.26 Å². The van der Waals surface area contributed by atoms with E-state index in [9.17, 15) is 4.79 Å². The highest BCUT2D eigenvalue weighted by Crippen LogP contribution is 2.37. The van der Waals surface area contributed by atoms with Crippen LogP contribution in [0.3, 0.4) is 0 Å². The van der Waals surface area contributed by atoms with Crippen molar-refractivity contribution in [2.24, 2.45) is 0 Å². The molecule has 2 saturated heterocycles. The minimum absolute atomic E-state index is 0.0580. The molecule has 1 aromatic rings. The number of amides is 1. The number of nitriles is 1. The Morgan fingerprint density at radius 1 is 1.24 bits per heavy atom. The van der Waals surface area contributed by atoms with Crippen molar-refractivity contribution in [1.29, 1.82) is 5.26 Å². The average molecular weight is 283 g/mol. The fraction of sp³-hybridized carbons (Fsp3) is 0.529. The van der Waals surface area contributed by atoms with E-state index >= 15 is 0 Å². The van der Waals surface area contributed by atoms with E-state index in [2.05, 4.69) is 18.0 Å². The van der Waals surface area contributed by atoms with Crippen molar-refractivity contribution >= 4 is 5.91 Å². The van der Waals surface area contributed by atoms with Gasteiger partial charge in [0, 0.05) is 24.2 Å². The zero-order chi connectivity index (χ0) is 14.9. The molecule has 0 N–H and O–H groups in total. The van der Waals surface area contributed by atoms with Gasteiger partial charge >= 0.3 is 0 Å². The van der Waals surface area contributed by atoms with Crippen LogP contribution in [0.15, 0.2) is 24.3 Å². The third-order valence-electron chi connectivity index (χ3n) is 5.17. The van der Waals surface area contributed by atoms with E-state index in [4.69, 9.17) is 5.26 Å². The Morgan fingerprint density at radius 3 is 2.62 bits per heavy atom. The molecule has 0 unspecified atom stereocenters. The molecule has 2 heterocycles. The summed E-state index contributed by atoms with van der Waals surface area (Å²) in [6, 6.07) is 9.09. The molecular weight excluding hydrogens is 262 g/mol. The molecule has 110 valence electrons. The lowest BCUT2D eigenvalue weighted by Gasteiger charge is -2.43. The Bertz CT molecular complexity index is 582. The summed E-state index contributed by atoms with van der Waals surface area (Å²) in [7, 11) is 2.21. The van der Waals surface area contributed by atoms with Crippen LogP contribution in [-0.2, 0) is 0 Å². The van der Waals surface area contributed by atoms with E-state index in [-0.39, 0.29) is 5.91 Å². The van der Waals surface area contributed by atoms with Gasteiger partial charge in [0.15, 0.2) is 0 Å². The number of benzene rings is 1. The molecule has 1 aromatic carbocycles. The van der Waals surface area contributed by atoms with Gasteiger partial charge in [-0.3, -0.25) is 4.79 Å². The first kappa shape index (κ1) is 14.1. The molecule has 0 aromatic heterocycles. The average Bonchev–Trinajstić information content (AvgIpc) is 2.88. The van der Waals surface area contributed by atoms with E-state index in [1.54, 1.807) is 24.3 Å². The normalized spacial score (nSPS) is 21.4. The van der Waals surface area contributed by atoms with Gasteiger partial charge in [0.1, 0.15) is 0 Å². The first-order chi connectivity index (χ1) is 10.1. The number of hydrogen-bond donors (Lipinski definition) is 0. The zero-order valence-electron chi connectivity index (χ0n) is 12.5. The summed E-state index contributed by atoms with van der Waals surface area (Å²) in [6.45, 7) is 2.82. The van der Waals surface area contributed by atoms with Gasteiger partial charge in [0.05, 0.1) is 11.6 Å². The molecule has 21 heavy (non-hydrogen) atoms. The van der Waals surface area contributed by atoms with E-state index in [0.29, 0.717) is 16.7 Å². The summed E-state index contributed by atoms with van der Waals surface area (Å²) in [5.74, 6) is 0.0580. The molecule has 1 spiro atoms. The fourth-order valence-electron chi connectivity index (χ4n) is 3.74. The van der Waals surface area contributed by atoms with Crippen LogP contribution in [0.25, 0.3) is 0 Å². The molecule has 0 saturated carbocycles. The molecule has 2 fully saturated rings. The molecule has 4 heteroatoms. The largest absolute Gasteiger partial charge is 0.339 e. The molecule has 0 atom stereocenters. The van der Waals surface area contributed by atoms with E-state index in [1.807, 2.05) is 4.90 Å². The highest BCUT2D eigenvalue weighted by atomic mass is 16.2. The van der Waals surface area contributed by atoms with Crippen LogP contribution in [0, 0.1) is 11.3 Å². The van der Waals surface area contributed by atoms with Crippen LogP contribution in [0.2, 0.25) is 0 Å². The molecule has 4 nitrogen and oxygen atoms in total. The lowest BCUT2D eigenvalue weighted by Crippen LogP contribution is -2.51. The number of piperidine rings is 1. The molecule has 0 aliphatic carbocycles. The second-order valence-corrected chi connectivity index (χ2v) is 6.23. The summed E-state index contributed by atoms with van der Waals surface area (Å²) in [6.07, 6.45) is 4.66. The molecule has 3 rings (SSSR count). The van der Waals surface area contributed by atoms with Gasteiger partial charge in [0.2, 0.25) is 0 Å². The molecule has 2 aliphatic heterocycles. The predicted molar refractivity (Wildman–Crippen MR) is 80.9 cm³/mol. The third kappa shape index (κ3) is 2.54. The highest BCUT2D eigenvalue weighted by molar-refractivity contribution is 5.94. The lowest BCUT2D eigenvalue weighted by molar-refractivity contribution is 0.0492. The standard InChI is InChI=1S/C17H21N3O/c1-19-9-3-6-17(19)7-10-20(11-8-17)16(21)15-5-2-4-14(12-15)13-18/h2,4-5,12H,3,6-11H2,1H3. The number of likely N-dealkylation sites (tertiary alicyclic amines) is 2. The quantitative estimate of drug-likeness (QED) is 0.794. The smallest absolute Gasteiger partial charge is 0.253 e. The van der Waals surface area contributed by atoms with Crippen LogP contribution in [0.5, 0.6) is 0 Å². The van der Waals surface area contributed by atoms with Crippen molar-refractivity contribution in [3.8, 4) is 6.07 Å². The minimum atomic E-state index is 0.0580. The minimum Gasteiger partial charge on any atom is -0.339 e. The van der Waals surface area contributed by atoms with Gasteiger partial charge < -0.3 is 9.80 Å². The molecule has 0 radical (unpaired) electrons. The van der Waals surface area contributed by atoms with Gasteiger partial charge in [-0.05, 0) is 57.5 Å². The number of carbonyl (C=O) groups is 1. The Hall–Kier alpha value is -1.86. The van der Waals surface area contributed by atoms with Crippen molar-refractivity contribution in [2.45, 2.75) is 31.2 Å². The van der Waals surface area contributed by atoms with Crippen molar-refractivity contribution in [2.75, 3.05) is 26.7 Å². The molecule has 0 bridgehead atoms. The Labute approximate surface area is 126 Å². The second kappa shape index (κ2) is 5.50. The summed E-state index contributed by atoms with van der Waals surface area (Å²) >= 11 is 0. The number of carbonyl (C=O) groups excluding carboxylic acids is 1. The van der Waals surface area contributed by atoms with Crippen molar-refractivity contribution in [3.05, 3.63) is 35.4 Å². The topological polar surface area (TPSA) is 47.3 Å². The van der Waals surface area contributed by atoms with Gasteiger partial charge in [-0.1, -0.05) is 6.07 Å². The maximum absolute atomic E-state index is 12.6. The first-order valence-corrected chi connectivity index (χ1v) is 7.65. The zero-order valence-corrected chi connectivity index (χ0v) is 12.5. The number of nitrogens with zero attached hydrogens (tertiary/aromatic N) is 3. The lowest BCUT2D eigenvalue weighted by atomic mass is 9.85. The van der Waals surface area contributed by atoms with Crippen molar-refractivity contribution in [3.63, 3.8) is 0 Å². The maximum atomic E-state index is 12.6. The molecule has 1 amide bonds. The van der Waals surface area contributed by atoms with Crippen molar-refractivity contribution in [1.82, 2.24) is 9.80 Å². The van der Waals surface area contributed by atoms with Crippen LogP contribution in [0.1, 0.15) is 41.6 Å². The van der Waals surface area contributed by atoms with E-state index in [0.717, 1.165) is 25.9 Å². The fourth-order valence-corrected chi connectivity index (χ4v) is 3.74. The molecule has 2 aliphatic rings. The second-order valence-electron chi connectivity index (χ2n) is 6.23. The summed E-state index contributed by atoms with van der Waals surface area (Å²) in [4.78, 5) is 17.0. The van der Waals surface area contributed by atoms with Crippen LogP contribution < -0.4 is 0 Å². The summed E-state index contributed by atoms with van der Waals surface area (Å²) in [5.41, 5.74) is 1.50. The summed E-state index contributed by atoms with van der Waals surface area (Å²) < 4.78 is 0. The van der Waals surface area contributed by atoms with Gasteiger partial charge in [0.25, 0.3) is 5.91 Å². The SMILES string of the molecule is CN1CCCC12CCN(C(=O)c1cccc(C#N)c1)CC2. The highest BCUT2D eigenvalue weighted by Gasteiger charge is 2.41. The van der Waals surface area contributed by atoms with Crippen molar-refractivity contribution < 1.29 is 4.79 Å². The first-order valence-electron chi connectivity index (χ1n) is 7.65. The van der Waals surface area contributed by atoms with Crippen LogP contribution in [0.4, 0.5) is 0 Å². The number of hydrogen-bond acceptors (Lipinski definition) is 3. The Balaban J connectivity index is 1.69. The third-order valence-corrected chi connectivity index (χ3v) is 5.17. The number of rotatable bonds is 1. The Kier molecular flexibility index (Phi) is 3.69. The van der Waals surface area contributed by atoms with Crippen LogP contribution in [-0.4, -0.2) is 47.9 Å². The monoisotopic (exact) mass is 283 g/mol. The maximum Gasteiger partial charge on any atom is 0.253 e. The predicted octanol–water partition coefficient (Wildman–Crippen LogP) is 2.26. The van der Waals surface area contributed by atoms with Gasteiger partial charge in [-0.15, -0.1) is 0 Å².